The summed E-state index contributed by atoms with van der Waals surface area (Å²) < 4.78 is 1.44. The maximum atomic E-state index is 12.2. The Bertz CT molecular complexity index is 529. The first-order valence-electron chi connectivity index (χ1n) is 5.04. The molecule has 94 valence electrons. The highest BCUT2D eigenvalue weighted by molar-refractivity contribution is 9.11. The fourth-order valence-electron chi connectivity index (χ4n) is 1.61. The van der Waals surface area contributed by atoms with Crippen molar-refractivity contribution < 1.29 is 14.4 Å². The largest absolute Gasteiger partial charge is 0.320 e. The molecule has 7 heteroatoms. The number of nitrogens with zero attached hydrogens (tertiary/aromatic N) is 1. The van der Waals surface area contributed by atoms with Gasteiger partial charge in [0.15, 0.2) is 0 Å². The van der Waals surface area contributed by atoms with E-state index >= 15 is 0 Å². The summed E-state index contributed by atoms with van der Waals surface area (Å²) in [5, 5.41) is 2.15. The predicted molar refractivity (Wildman–Crippen MR) is 70.9 cm³/mol. The molecule has 0 aromatic heterocycles. The minimum absolute atomic E-state index is 0.104. The van der Waals surface area contributed by atoms with Crippen LogP contribution in [0.2, 0.25) is 0 Å². The van der Waals surface area contributed by atoms with E-state index < -0.39 is 11.8 Å². The van der Waals surface area contributed by atoms with Crippen LogP contribution >= 0.6 is 31.9 Å². The van der Waals surface area contributed by atoms with Gasteiger partial charge < -0.3 is 4.90 Å². The Morgan fingerprint density at radius 3 is 2.33 bits per heavy atom. The summed E-state index contributed by atoms with van der Waals surface area (Å²) >= 11 is 6.57. The Kier molecular flexibility index (Phi) is 3.82. The van der Waals surface area contributed by atoms with E-state index in [0.717, 1.165) is 4.47 Å². The lowest BCUT2D eigenvalue weighted by molar-refractivity contribution is -0.135. The third kappa shape index (κ3) is 2.78. The molecule has 1 saturated heterocycles. The quantitative estimate of drug-likeness (QED) is 0.752. The van der Waals surface area contributed by atoms with E-state index in [9.17, 15) is 14.4 Å². The standard InChI is InChI=1S/C11H8Br2N2O3/c12-6-1-2-7(8(13)3-6)11(18)15-4-9(16)14-10(17)5-15/h1-3H,4-5H2,(H,14,16,17). The van der Waals surface area contributed by atoms with Crippen molar-refractivity contribution in [3.63, 3.8) is 0 Å². The lowest BCUT2D eigenvalue weighted by Crippen LogP contribution is -2.53. The molecule has 1 aromatic carbocycles. The zero-order valence-electron chi connectivity index (χ0n) is 9.07. The molecule has 1 fully saturated rings. The molecule has 1 heterocycles. The minimum Gasteiger partial charge on any atom is -0.320 e. The number of benzene rings is 1. The van der Waals surface area contributed by atoms with Gasteiger partial charge in [0.1, 0.15) is 13.1 Å². The smallest absolute Gasteiger partial charge is 0.255 e. The van der Waals surface area contributed by atoms with E-state index in [1.807, 2.05) is 0 Å². The molecule has 1 N–H and O–H groups in total. The van der Waals surface area contributed by atoms with Gasteiger partial charge >= 0.3 is 0 Å². The molecule has 0 unspecified atom stereocenters. The third-order valence-corrected chi connectivity index (χ3v) is 3.55. The van der Waals surface area contributed by atoms with E-state index in [0.29, 0.717) is 10.0 Å². The van der Waals surface area contributed by atoms with Crippen LogP contribution < -0.4 is 5.32 Å². The van der Waals surface area contributed by atoms with Crippen molar-refractivity contribution >= 4 is 49.6 Å². The van der Waals surface area contributed by atoms with Crippen molar-refractivity contribution in [2.75, 3.05) is 13.1 Å². The molecule has 1 aliphatic heterocycles. The van der Waals surface area contributed by atoms with Crippen LogP contribution in [0.25, 0.3) is 0 Å². The molecule has 0 spiro atoms. The number of carbonyl (C=O) groups excluding carboxylic acids is 3. The Morgan fingerprint density at radius 2 is 1.78 bits per heavy atom. The van der Waals surface area contributed by atoms with Crippen LogP contribution in [0.4, 0.5) is 0 Å². The highest BCUT2D eigenvalue weighted by Gasteiger charge is 2.27. The van der Waals surface area contributed by atoms with Gasteiger partial charge in [0.25, 0.3) is 5.91 Å². The molecule has 0 aliphatic carbocycles. The maximum absolute atomic E-state index is 12.2. The van der Waals surface area contributed by atoms with Gasteiger partial charge in [-0.25, -0.2) is 0 Å². The first kappa shape index (κ1) is 13.2. The number of rotatable bonds is 1. The van der Waals surface area contributed by atoms with E-state index in [1.165, 1.54) is 4.90 Å². The van der Waals surface area contributed by atoms with Gasteiger partial charge in [-0.3, -0.25) is 19.7 Å². The van der Waals surface area contributed by atoms with Crippen LogP contribution in [0.3, 0.4) is 0 Å². The number of hydrogen-bond donors (Lipinski definition) is 1. The molecule has 3 amide bonds. The Balaban J connectivity index is 2.25. The molecule has 0 bridgehead atoms. The molecule has 2 rings (SSSR count). The molecule has 5 nitrogen and oxygen atoms in total. The summed E-state index contributed by atoms with van der Waals surface area (Å²) in [4.78, 5) is 35.8. The van der Waals surface area contributed by atoms with Crippen molar-refractivity contribution in [1.29, 1.82) is 0 Å². The van der Waals surface area contributed by atoms with Crippen LogP contribution in [0.5, 0.6) is 0 Å². The molecule has 18 heavy (non-hydrogen) atoms. The highest BCUT2D eigenvalue weighted by atomic mass is 79.9. The fourth-order valence-corrected chi connectivity index (χ4v) is 2.83. The summed E-state index contributed by atoms with van der Waals surface area (Å²) in [6.45, 7) is -0.208. The monoisotopic (exact) mass is 374 g/mol. The van der Waals surface area contributed by atoms with Crippen LogP contribution in [0.15, 0.2) is 27.1 Å². The first-order valence-corrected chi connectivity index (χ1v) is 6.63. The fraction of sp³-hybridized carbons (Fsp3) is 0.182. The molecule has 1 aliphatic rings. The highest BCUT2D eigenvalue weighted by Crippen LogP contribution is 2.23. The lowest BCUT2D eigenvalue weighted by Gasteiger charge is -2.25. The molecule has 0 atom stereocenters. The molecule has 1 aromatic rings. The summed E-state index contributed by atoms with van der Waals surface area (Å²) in [6.07, 6.45) is 0. The zero-order valence-corrected chi connectivity index (χ0v) is 12.2. The van der Waals surface area contributed by atoms with E-state index in [4.69, 9.17) is 0 Å². The topological polar surface area (TPSA) is 66.5 Å². The first-order chi connectivity index (χ1) is 8.47. The van der Waals surface area contributed by atoms with Gasteiger partial charge in [-0.1, -0.05) is 15.9 Å². The van der Waals surface area contributed by atoms with E-state index in [2.05, 4.69) is 37.2 Å². The minimum atomic E-state index is -0.465. The summed E-state index contributed by atoms with van der Waals surface area (Å²) in [5.74, 6) is -1.28. The average molecular weight is 376 g/mol. The SMILES string of the molecule is O=C1CN(C(=O)c2ccc(Br)cc2Br)CC(=O)N1. The van der Waals surface area contributed by atoms with Gasteiger partial charge in [-0.05, 0) is 34.1 Å². The number of imide groups is 1. The Morgan fingerprint density at radius 1 is 1.17 bits per heavy atom. The number of nitrogens with one attached hydrogen (secondary N) is 1. The number of piperazine rings is 1. The van der Waals surface area contributed by atoms with Crippen LogP contribution in [-0.2, 0) is 9.59 Å². The second kappa shape index (κ2) is 5.19. The van der Waals surface area contributed by atoms with Crippen LogP contribution in [-0.4, -0.2) is 35.7 Å². The predicted octanol–water partition coefficient (Wildman–Crippen LogP) is 1.31. The zero-order chi connectivity index (χ0) is 13.3. The molecule has 0 saturated carbocycles. The maximum Gasteiger partial charge on any atom is 0.255 e. The number of amides is 3. The van der Waals surface area contributed by atoms with Gasteiger partial charge in [-0.15, -0.1) is 0 Å². The molecule has 0 radical (unpaired) electrons. The second-order valence-corrected chi connectivity index (χ2v) is 5.53. The number of halogens is 2. The molecular formula is C11H8Br2N2O3. The van der Waals surface area contributed by atoms with Gasteiger partial charge in [0, 0.05) is 8.95 Å². The van der Waals surface area contributed by atoms with Gasteiger partial charge in [-0.2, -0.15) is 0 Å². The van der Waals surface area contributed by atoms with E-state index in [-0.39, 0.29) is 19.0 Å². The third-order valence-electron chi connectivity index (χ3n) is 2.40. The van der Waals surface area contributed by atoms with Crippen LogP contribution in [0, 0.1) is 0 Å². The molecular weight excluding hydrogens is 368 g/mol. The van der Waals surface area contributed by atoms with Crippen LogP contribution in [0.1, 0.15) is 10.4 Å². The summed E-state index contributed by atoms with van der Waals surface area (Å²) in [7, 11) is 0. The average Bonchev–Trinajstić information content (AvgIpc) is 2.26. The Hall–Kier alpha value is -1.21. The van der Waals surface area contributed by atoms with Gasteiger partial charge in [0.05, 0.1) is 5.56 Å². The summed E-state index contributed by atoms with van der Waals surface area (Å²) in [5.41, 5.74) is 0.417. The van der Waals surface area contributed by atoms with E-state index in [1.54, 1.807) is 18.2 Å². The Labute approximate surface area is 120 Å². The summed E-state index contributed by atoms with van der Waals surface area (Å²) in [6, 6.07) is 5.09. The van der Waals surface area contributed by atoms with Crippen molar-refractivity contribution in [2.24, 2.45) is 0 Å². The van der Waals surface area contributed by atoms with Gasteiger partial charge in [0.2, 0.25) is 11.8 Å². The second-order valence-electron chi connectivity index (χ2n) is 3.76. The van der Waals surface area contributed by atoms with Crippen molar-refractivity contribution in [2.45, 2.75) is 0 Å². The number of hydrogen-bond acceptors (Lipinski definition) is 3. The normalized spacial score (nSPS) is 15.6. The van der Waals surface area contributed by atoms with Crippen molar-refractivity contribution in [3.8, 4) is 0 Å². The lowest BCUT2D eigenvalue weighted by atomic mass is 10.2. The number of carbonyl (C=O) groups is 3. The van der Waals surface area contributed by atoms with Crippen molar-refractivity contribution in [1.82, 2.24) is 10.2 Å². The van der Waals surface area contributed by atoms with Crippen molar-refractivity contribution in [3.05, 3.63) is 32.7 Å².